The molecule has 7 nitrogen and oxygen atoms in total. The number of halogens is 1. The summed E-state index contributed by atoms with van der Waals surface area (Å²) >= 11 is 1.43. The largest absolute Gasteiger partial charge is 0.481 e. The summed E-state index contributed by atoms with van der Waals surface area (Å²) in [7, 11) is 0. The van der Waals surface area contributed by atoms with Gasteiger partial charge in [0.15, 0.2) is 17.6 Å². The predicted octanol–water partition coefficient (Wildman–Crippen LogP) is 0.637. The normalized spacial score (nSPS) is 15.7. The zero-order valence-corrected chi connectivity index (χ0v) is 13.2. The van der Waals surface area contributed by atoms with Gasteiger partial charge in [0, 0.05) is 18.4 Å². The van der Waals surface area contributed by atoms with Crippen LogP contribution in [0.4, 0.5) is 10.1 Å². The van der Waals surface area contributed by atoms with Gasteiger partial charge in [0.05, 0.1) is 12.2 Å². The number of fused-ring (bicyclic) bond motifs is 2. The quantitative estimate of drug-likeness (QED) is 0.747. The number of rotatable bonds is 2. The molecule has 0 fully saturated rings. The van der Waals surface area contributed by atoms with Crippen molar-refractivity contribution in [2.45, 2.75) is 11.7 Å². The summed E-state index contributed by atoms with van der Waals surface area (Å²) in [6.45, 7) is 0.365. The lowest BCUT2D eigenvalue weighted by Gasteiger charge is -2.28. The molecule has 0 aliphatic carbocycles. The van der Waals surface area contributed by atoms with E-state index < -0.39 is 11.5 Å². The first kappa shape index (κ1) is 14.8. The van der Waals surface area contributed by atoms with Crippen molar-refractivity contribution in [3.05, 3.63) is 28.4 Å². The lowest BCUT2D eigenvalue weighted by atomic mass is 10.2. The smallest absolute Gasteiger partial charge is 0.351 e. The Morgan fingerprint density at radius 2 is 2.21 bits per heavy atom. The molecule has 0 bridgehead atoms. The number of amides is 1. The highest BCUT2D eigenvalue weighted by molar-refractivity contribution is 7.99. The molecule has 1 amide bonds. The molecule has 24 heavy (non-hydrogen) atoms. The Hall–Kier alpha value is -2.73. The third kappa shape index (κ3) is 2.11. The highest BCUT2D eigenvalue weighted by Gasteiger charge is 2.28. The molecule has 0 radical (unpaired) electrons. The van der Waals surface area contributed by atoms with Gasteiger partial charge < -0.3 is 4.74 Å². The molecule has 4 rings (SSSR count). The molecule has 2 aromatic rings. The number of terminal acetylenes is 1. The van der Waals surface area contributed by atoms with Crippen LogP contribution in [-0.4, -0.2) is 39.2 Å². The number of anilines is 1. The van der Waals surface area contributed by atoms with Crippen molar-refractivity contribution in [2.24, 2.45) is 0 Å². The van der Waals surface area contributed by atoms with E-state index in [1.54, 1.807) is 0 Å². The van der Waals surface area contributed by atoms with Crippen LogP contribution in [-0.2, 0) is 11.3 Å². The van der Waals surface area contributed by atoms with Crippen LogP contribution in [0.5, 0.6) is 5.75 Å². The zero-order chi connectivity index (χ0) is 16.8. The van der Waals surface area contributed by atoms with Gasteiger partial charge in [0.25, 0.3) is 5.91 Å². The lowest BCUT2D eigenvalue weighted by Crippen LogP contribution is -2.39. The third-order valence-corrected chi connectivity index (χ3v) is 4.77. The average molecular weight is 346 g/mol. The maximum absolute atomic E-state index is 14.5. The zero-order valence-electron chi connectivity index (χ0n) is 12.4. The average Bonchev–Trinajstić information content (AvgIpc) is 3.13. The fourth-order valence-electron chi connectivity index (χ4n) is 2.70. The second-order valence-electron chi connectivity index (χ2n) is 5.22. The molecule has 2 aliphatic heterocycles. The minimum Gasteiger partial charge on any atom is -0.481 e. The van der Waals surface area contributed by atoms with Gasteiger partial charge in [-0.25, -0.2) is 9.18 Å². The fourth-order valence-corrected chi connectivity index (χ4v) is 3.62. The Morgan fingerprint density at radius 1 is 1.38 bits per heavy atom. The topological polar surface area (TPSA) is 69.4 Å². The Kier molecular flexibility index (Phi) is 3.35. The molecular weight excluding hydrogens is 335 g/mol. The van der Waals surface area contributed by atoms with Crippen LogP contribution in [0.1, 0.15) is 0 Å². The van der Waals surface area contributed by atoms with E-state index in [9.17, 15) is 14.0 Å². The first-order valence-electron chi connectivity index (χ1n) is 7.13. The number of carbonyl (C=O) groups excluding carboxylic acids is 1. The van der Waals surface area contributed by atoms with Gasteiger partial charge in [-0.15, -0.1) is 11.5 Å². The van der Waals surface area contributed by atoms with Crippen molar-refractivity contribution >= 4 is 23.4 Å². The first-order valence-corrected chi connectivity index (χ1v) is 8.12. The van der Waals surface area contributed by atoms with E-state index >= 15 is 0 Å². The Bertz CT molecular complexity index is 959. The van der Waals surface area contributed by atoms with E-state index in [0.717, 1.165) is 16.5 Å². The maximum Gasteiger partial charge on any atom is 0.351 e. The van der Waals surface area contributed by atoms with Gasteiger partial charge in [-0.2, -0.15) is 4.68 Å². The van der Waals surface area contributed by atoms with Gasteiger partial charge >= 0.3 is 5.69 Å². The summed E-state index contributed by atoms with van der Waals surface area (Å²) in [6.07, 6.45) is 5.30. The van der Waals surface area contributed by atoms with Crippen LogP contribution in [0.2, 0.25) is 0 Å². The van der Waals surface area contributed by atoms with Gasteiger partial charge in [-0.05, 0) is 6.07 Å². The van der Waals surface area contributed by atoms with Crippen LogP contribution >= 0.6 is 11.8 Å². The summed E-state index contributed by atoms with van der Waals surface area (Å²) in [6, 6.07) is 2.51. The van der Waals surface area contributed by atoms with Crippen molar-refractivity contribution in [2.75, 3.05) is 23.8 Å². The van der Waals surface area contributed by atoms with Gasteiger partial charge in [-0.1, -0.05) is 17.7 Å². The molecule has 0 N–H and O–H groups in total. The molecule has 0 unspecified atom stereocenters. The summed E-state index contributed by atoms with van der Waals surface area (Å²) in [5.74, 6) is 2.38. The standard InChI is InChI=1S/C15H11FN4O3S/c1-2-3-18-11-7-10(9(16)6-12(11)23-8-13(18)21)20-15(22)19-4-5-24-14(19)17-20/h1,6-7H,3-5,8H2. The summed E-state index contributed by atoms with van der Waals surface area (Å²) < 4.78 is 22.2. The van der Waals surface area contributed by atoms with E-state index in [-0.39, 0.29) is 30.5 Å². The molecule has 122 valence electrons. The first-order chi connectivity index (χ1) is 11.6. The summed E-state index contributed by atoms with van der Waals surface area (Å²) in [5, 5.41) is 4.71. The molecule has 0 saturated heterocycles. The SMILES string of the molecule is C#CCN1C(=O)COc2cc(F)c(-n3nc4n(c3=O)CCS4)cc21. The van der Waals surface area contributed by atoms with E-state index in [1.165, 1.54) is 27.3 Å². The van der Waals surface area contributed by atoms with E-state index in [1.807, 2.05) is 0 Å². The Labute approximate surface area is 140 Å². The van der Waals surface area contributed by atoms with E-state index in [2.05, 4.69) is 11.0 Å². The number of aromatic nitrogens is 3. The number of nitrogens with zero attached hydrogens (tertiary/aromatic N) is 4. The molecular formula is C15H11FN4O3S. The number of thioether (sulfide) groups is 1. The van der Waals surface area contributed by atoms with Crippen LogP contribution in [0.25, 0.3) is 5.69 Å². The molecule has 3 heterocycles. The van der Waals surface area contributed by atoms with Crippen LogP contribution in [0.3, 0.4) is 0 Å². The van der Waals surface area contributed by atoms with Gasteiger partial charge in [-0.3, -0.25) is 14.3 Å². The number of benzene rings is 1. The second kappa shape index (κ2) is 5.42. The van der Waals surface area contributed by atoms with Crippen LogP contribution < -0.4 is 15.3 Å². The summed E-state index contributed by atoms with van der Waals surface area (Å²) in [4.78, 5) is 25.7. The number of ether oxygens (including phenoxy) is 1. The van der Waals surface area contributed by atoms with Gasteiger partial charge in [0.1, 0.15) is 11.4 Å². The minimum absolute atomic E-state index is 0.0324. The van der Waals surface area contributed by atoms with Gasteiger partial charge in [0.2, 0.25) is 0 Å². The van der Waals surface area contributed by atoms with Crippen molar-refractivity contribution < 1.29 is 13.9 Å². The molecule has 0 atom stereocenters. The highest BCUT2D eigenvalue weighted by atomic mass is 32.2. The Morgan fingerprint density at radius 3 is 2.96 bits per heavy atom. The molecule has 1 aromatic carbocycles. The van der Waals surface area contributed by atoms with E-state index in [4.69, 9.17) is 11.2 Å². The number of carbonyl (C=O) groups is 1. The number of hydrogen-bond donors (Lipinski definition) is 0. The molecule has 0 spiro atoms. The van der Waals surface area contributed by atoms with Crippen molar-refractivity contribution in [1.82, 2.24) is 14.3 Å². The predicted molar refractivity (Wildman–Crippen MR) is 85.2 cm³/mol. The molecule has 9 heteroatoms. The summed E-state index contributed by atoms with van der Waals surface area (Å²) in [5.41, 5.74) is -0.129. The molecule has 0 saturated carbocycles. The maximum atomic E-state index is 14.5. The monoisotopic (exact) mass is 346 g/mol. The van der Waals surface area contributed by atoms with Crippen molar-refractivity contribution in [1.29, 1.82) is 0 Å². The third-order valence-electron chi connectivity index (χ3n) is 3.82. The second-order valence-corrected chi connectivity index (χ2v) is 6.28. The minimum atomic E-state index is -0.660. The Balaban J connectivity index is 1.88. The van der Waals surface area contributed by atoms with Crippen LogP contribution in [0, 0.1) is 18.2 Å². The van der Waals surface area contributed by atoms with E-state index in [0.29, 0.717) is 17.4 Å². The van der Waals surface area contributed by atoms with Crippen molar-refractivity contribution in [3.63, 3.8) is 0 Å². The number of hydrogen-bond acceptors (Lipinski definition) is 5. The molecule has 2 aliphatic rings. The van der Waals surface area contributed by atoms with Crippen molar-refractivity contribution in [3.8, 4) is 23.8 Å². The van der Waals surface area contributed by atoms with Crippen LogP contribution in [0.15, 0.2) is 22.1 Å². The lowest BCUT2D eigenvalue weighted by molar-refractivity contribution is -0.121. The highest BCUT2D eigenvalue weighted by Crippen LogP contribution is 2.35. The fraction of sp³-hybridized carbons (Fsp3) is 0.267. The molecule has 1 aromatic heterocycles.